The molecule has 3 aliphatic rings. The molecule has 4 heterocycles. The maximum absolute atomic E-state index is 13.2. The lowest BCUT2D eigenvalue weighted by Crippen LogP contribution is -2.65. The number of aryl methyl sites for hydroxylation is 1. The molecule has 0 spiro atoms. The highest BCUT2D eigenvalue weighted by Gasteiger charge is 2.58. The third-order valence-corrected chi connectivity index (χ3v) is 8.05. The Morgan fingerprint density at radius 3 is 2.78 bits per heavy atom. The zero-order valence-corrected chi connectivity index (χ0v) is 18.6. The van der Waals surface area contributed by atoms with E-state index in [2.05, 4.69) is 31.2 Å². The molecule has 3 aromatic rings. The summed E-state index contributed by atoms with van der Waals surface area (Å²) in [6.45, 7) is 2.06. The minimum absolute atomic E-state index is 0.0608. The lowest BCUT2D eigenvalue weighted by atomic mass is 9.49. The van der Waals surface area contributed by atoms with Crippen molar-refractivity contribution in [2.45, 2.75) is 44.3 Å². The van der Waals surface area contributed by atoms with Crippen molar-refractivity contribution in [2.24, 2.45) is 5.92 Å². The van der Waals surface area contributed by atoms with Crippen LogP contribution in [-0.4, -0.2) is 43.0 Å². The van der Waals surface area contributed by atoms with Crippen molar-refractivity contribution in [3.63, 3.8) is 0 Å². The zero-order chi connectivity index (χ0) is 21.8. The van der Waals surface area contributed by atoms with Gasteiger partial charge in [0.25, 0.3) is 0 Å². The summed E-state index contributed by atoms with van der Waals surface area (Å²) in [7, 11) is 0. The second-order valence-electron chi connectivity index (χ2n) is 9.01. The van der Waals surface area contributed by atoms with Crippen LogP contribution in [0.15, 0.2) is 54.6 Å². The molecule has 7 heteroatoms. The standard InChI is InChI=1S/C25H24BFO4S/c1-14-2-5-17(26(28)24-21-12-19-13-29-25(30-19)23(21)31-24)10-16(14)11-20-8-9-22(32-20)15-3-6-18(27)7-4-15/h2-10,19,21,23-25,28H,11-13H2,1H3/t19-,21-,23+,24?,25-/m0/s1. The molecule has 4 nitrogen and oxygen atoms in total. The molecule has 3 aliphatic heterocycles. The fraction of sp³-hybridized carbons (Fsp3) is 0.360. The Balaban J connectivity index is 1.19. The Bertz CT molecular complexity index is 1130. The maximum atomic E-state index is 13.2. The van der Waals surface area contributed by atoms with Crippen LogP contribution in [0.4, 0.5) is 4.39 Å². The van der Waals surface area contributed by atoms with E-state index in [1.807, 2.05) is 18.2 Å². The number of fused-ring (bicyclic) bond motifs is 4. The van der Waals surface area contributed by atoms with Crippen molar-refractivity contribution in [1.29, 1.82) is 0 Å². The molecule has 0 radical (unpaired) electrons. The minimum Gasteiger partial charge on any atom is -0.445 e. The number of ether oxygens (including phenoxy) is 3. The highest BCUT2D eigenvalue weighted by Crippen LogP contribution is 2.44. The van der Waals surface area contributed by atoms with Gasteiger partial charge in [-0.3, -0.25) is 0 Å². The molecule has 0 saturated carbocycles. The highest BCUT2D eigenvalue weighted by molar-refractivity contribution is 7.15. The van der Waals surface area contributed by atoms with Gasteiger partial charge in [-0.15, -0.1) is 11.3 Å². The molecule has 0 amide bonds. The van der Waals surface area contributed by atoms with Gasteiger partial charge in [-0.1, -0.05) is 30.3 Å². The van der Waals surface area contributed by atoms with Crippen LogP contribution in [0.1, 0.15) is 22.4 Å². The first-order valence-corrected chi connectivity index (χ1v) is 11.9. The van der Waals surface area contributed by atoms with Crippen LogP contribution in [0.25, 0.3) is 10.4 Å². The second kappa shape index (κ2) is 8.08. The molecule has 1 N–H and O–H groups in total. The second-order valence-corrected chi connectivity index (χ2v) is 10.2. The van der Waals surface area contributed by atoms with E-state index < -0.39 is 6.92 Å². The van der Waals surface area contributed by atoms with Gasteiger partial charge >= 0.3 is 6.92 Å². The van der Waals surface area contributed by atoms with E-state index in [0.29, 0.717) is 6.61 Å². The van der Waals surface area contributed by atoms with Gasteiger partial charge in [-0.25, -0.2) is 4.39 Å². The van der Waals surface area contributed by atoms with Gasteiger partial charge in [0.15, 0.2) is 6.29 Å². The van der Waals surface area contributed by atoms with Crippen LogP contribution in [0.5, 0.6) is 0 Å². The molecular weight excluding hydrogens is 426 g/mol. The van der Waals surface area contributed by atoms with Crippen molar-refractivity contribution in [3.05, 3.63) is 76.4 Å². The van der Waals surface area contributed by atoms with Crippen molar-refractivity contribution in [3.8, 4) is 10.4 Å². The smallest absolute Gasteiger partial charge is 0.354 e. The molecule has 164 valence electrons. The normalized spacial score (nSPS) is 28.3. The molecule has 1 aromatic heterocycles. The van der Waals surface area contributed by atoms with Crippen LogP contribution in [0.3, 0.4) is 0 Å². The lowest BCUT2D eigenvalue weighted by molar-refractivity contribution is -0.276. The zero-order valence-electron chi connectivity index (χ0n) is 17.7. The van der Waals surface area contributed by atoms with Crippen LogP contribution in [0, 0.1) is 18.7 Å². The Kier molecular flexibility index (Phi) is 5.19. The number of thiophene rings is 1. The Hall–Kier alpha value is -2.03. The fourth-order valence-corrected chi connectivity index (χ4v) is 6.11. The van der Waals surface area contributed by atoms with Crippen LogP contribution in [0.2, 0.25) is 0 Å². The van der Waals surface area contributed by atoms with E-state index in [-0.39, 0.29) is 36.2 Å². The summed E-state index contributed by atoms with van der Waals surface area (Å²) in [5, 5.41) is 11.1. The first kappa shape index (κ1) is 20.6. The fourth-order valence-electron chi connectivity index (χ4n) is 5.08. The Morgan fingerprint density at radius 1 is 1.09 bits per heavy atom. The minimum atomic E-state index is -0.661. The predicted molar refractivity (Wildman–Crippen MR) is 123 cm³/mol. The third-order valence-electron chi connectivity index (χ3n) is 6.92. The summed E-state index contributed by atoms with van der Waals surface area (Å²) in [5.41, 5.74) is 4.31. The first-order chi connectivity index (χ1) is 15.5. The summed E-state index contributed by atoms with van der Waals surface area (Å²) in [4.78, 5) is 2.36. The number of hydrogen-bond donors (Lipinski definition) is 1. The largest absolute Gasteiger partial charge is 0.445 e. The van der Waals surface area contributed by atoms with Crippen LogP contribution in [-0.2, 0) is 20.6 Å². The summed E-state index contributed by atoms with van der Waals surface area (Å²) in [6, 6.07) is 16.8. The summed E-state index contributed by atoms with van der Waals surface area (Å²) in [6.07, 6.45) is 1.46. The van der Waals surface area contributed by atoms with Gasteiger partial charge in [0, 0.05) is 22.1 Å². The van der Waals surface area contributed by atoms with E-state index in [0.717, 1.165) is 28.7 Å². The molecule has 3 saturated heterocycles. The van der Waals surface area contributed by atoms with Gasteiger partial charge < -0.3 is 19.2 Å². The summed E-state index contributed by atoms with van der Waals surface area (Å²) < 4.78 is 30.6. The molecular formula is C25H24BFO4S. The lowest BCUT2D eigenvalue weighted by Gasteiger charge is -2.50. The van der Waals surface area contributed by atoms with Gasteiger partial charge in [0.05, 0.1) is 18.7 Å². The van der Waals surface area contributed by atoms with E-state index >= 15 is 0 Å². The van der Waals surface area contributed by atoms with Crippen LogP contribution >= 0.6 is 11.3 Å². The maximum Gasteiger partial charge on any atom is 0.354 e. The van der Waals surface area contributed by atoms with E-state index in [4.69, 9.17) is 14.2 Å². The number of hydrogen-bond acceptors (Lipinski definition) is 5. The molecule has 5 atom stereocenters. The highest BCUT2D eigenvalue weighted by atomic mass is 32.1. The van der Waals surface area contributed by atoms with Gasteiger partial charge in [-0.2, -0.15) is 0 Å². The molecule has 6 rings (SSSR count). The number of rotatable bonds is 5. The molecule has 3 fully saturated rings. The van der Waals surface area contributed by atoms with Crippen LogP contribution < -0.4 is 5.46 Å². The number of halogens is 1. The van der Waals surface area contributed by atoms with E-state index in [1.165, 1.54) is 28.1 Å². The number of benzene rings is 2. The molecule has 1 unspecified atom stereocenters. The average Bonchev–Trinajstić information content (AvgIpc) is 3.40. The molecule has 2 aromatic carbocycles. The van der Waals surface area contributed by atoms with Crippen molar-refractivity contribution >= 4 is 23.7 Å². The monoisotopic (exact) mass is 450 g/mol. The van der Waals surface area contributed by atoms with Gasteiger partial charge in [0.1, 0.15) is 11.9 Å². The van der Waals surface area contributed by atoms with E-state index in [1.54, 1.807) is 11.3 Å². The predicted octanol–water partition coefficient (Wildman–Crippen LogP) is 3.71. The topological polar surface area (TPSA) is 47.9 Å². The van der Waals surface area contributed by atoms with Crippen molar-refractivity contribution in [1.82, 2.24) is 0 Å². The van der Waals surface area contributed by atoms with Gasteiger partial charge in [-0.05, 0) is 59.8 Å². The van der Waals surface area contributed by atoms with Crippen molar-refractivity contribution < 1.29 is 23.6 Å². The quantitative estimate of drug-likeness (QED) is 0.603. The molecule has 0 aliphatic carbocycles. The molecule has 2 bridgehead atoms. The average molecular weight is 450 g/mol. The van der Waals surface area contributed by atoms with Crippen molar-refractivity contribution in [2.75, 3.05) is 6.61 Å². The first-order valence-electron chi connectivity index (χ1n) is 11.1. The third kappa shape index (κ3) is 3.62. The Morgan fingerprint density at radius 2 is 1.94 bits per heavy atom. The summed E-state index contributed by atoms with van der Waals surface area (Å²) in [5.74, 6) is 0.0517. The van der Waals surface area contributed by atoms with E-state index in [9.17, 15) is 9.41 Å². The summed E-state index contributed by atoms with van der Waals surface area (Å²) >= 11 is 1.72. The van der Waals surface area contributed by atoms with Gasteiger partial charge in [0.2, 0.25) is 0 Å². The molecule has 32 heavy (non-hydrogen) atoms. The SMILES string of the molecule is Cc1ccc(B(O)C2O[C@H]3[C@H]4OC[C@H](C[C@H]23)O4)cc1Cc1ccc(-c2ccc(F)cc2)s1. The Labute approximate surface area is 191 Å².